The lowest BCUT2D eigenvalue weighted by Crippen LogP contribution is -2.63. The molecular weight excluding hydrogens is 512 g/mol. The summed E-state index contributed by atoms with van der Waals surface area (Å²) < 4.78 is 13.2. The molecule has 1 aromatic carbocycles. The standard InChI is InChI=1S/C28H36N8O2S/c1-4-22-29-20-7-5-6-8-21(20)36(22)27-31-25(33-11-13-37-14-12-33)24-26(32-27)39-23(30-24)15-35-10-9-34(18-28(35,2)3)19-16-38-17-19/h5-8,19H,4,9-18H2,1-3H3. The van der Waals surface area contributed by atoms with Crippen molar-refractivity contribution in [3.05, 3.63) is 35.1 Å². The second-order valence-corrected chi connectivity index (χ2v) is 12.4. The van der Waals surface area contributed by atoms with E-state index < -0.39 is 0 Å². The van der Waals surface area contributed by atoms with Crippen LogP contribution in [0.3, 0.4) is 0 Å². The fourth-order valence-electron chi connectivity index (χ4n) is 5.97. The van der Waals surface area contributed by atoms with Gasteiger partial charge in [-0.25, -0.2) is 9.97 Å². The molecule has 0 saturated carbocycles. The van der Waals surface area contributed by atoms with Gasteiger partial charge in [0.2, 0.25) is 5.95 Å². The van der Waals surface area contributed by atoms with E-state index in [1.54, 1.807) is 11.3 Å². The predicted molar refractivity (Wildman–Crippen MR) is 153 cm³/mol. The number of hydrogen-bond donors (Lipinski definition) is 0. The summed E-state index contributed by atoms with van der Waals surface area (Å²) in [5.74, 6) is 2.53. The molecule has 0 spiro atoms. The number of fused-ring (bicyclic) bond motifs is 2. The monoisotopic (exact) mass is 548 g/mol. The molecule has 3 fully saturated rings. The first-order valence-corrected chi connectivity index (χ1v) is 14.9. The SMILES string of the molecule is CCc1nc2ccccc2n1-c1nc(N2CCOCC2)c2nc(CN3CCN(C4COC4)CC3(C)C)sc2n1. The summed E-state index contributed by atoms with van der Waals surface area (Å²) in [5.41, 5.74) is 2.95. The summed E-state index contributed by atoms with van der Waals surface area (Å²) in [6, 6.07) is 8.80. The average molecular weight is 549 g/mol. The first-order chi connectivity index (χ1) is 19.0. The number of piperazine rings is 1. The van der Waals surface area contributed by atoms with Crippen molar-refractivity contribution < 1.29 is 9.47 Å². The number of rotatable bonds is 6. The molecule has 0 atom stereocenters. The Morgan fingerprint density at radius 3 is 2.54 bits per heavy atom. The van der Waals surface area contributed by atoms with Crippen molar-refractivity contribution in [2.45, 2.75) is 45.3 Å². The summed E-state index contributed by atoms with van der Waals surface area (Å²) in [6.07, 6.45) is 0.797. The second-order valence-electron chi connectivity index (χ2n) is 11.3. The lowest BCUT2D eigenvalue weighted by atomic mass is 9.97. The maximum Gasteiger partial charge on any atom is 0.239 e. The van der Waals surface area contributed by atoms with E-state index in [0.29, 0.717) is 25.2 Å². The van der Waals surface area contributed by atoms with E-state index in [-0.39, 0.29) is 5.54 Å². The summed E-state index contributed by atoms with van der Waals surface area (Å²) >= 11 is 1.69. The molecule has 0 radical (unpaired) electrons. The molecule has 0 N–H and O–H groups in total. The molecule has 6 heterocycles. The zero-order chi connectivity index (χ0) is 26.6. The van der Waals surface area contributed by atoms with Gasteiger partial charge in [-0.15, -0.1) is 0 Å². The molecule has 3 aliphatic rings. The predicted octanol–water partition coefficient (Wildman–Crippen LogP) is 3.12. The van der Waals surface area contributed by atoms with Crippen LogP contribution >= 0.6 is 11.3 Å². The van der Waals surface area contributed by atoms with Gasteiger partial charge in [0.25, 0.3) is 0 Å². The Balaban J connectivity index is 1.27. The van der Waals surface area contributed by atoms with Crippen LogP contribution in [-0.4, -0.2) is 105 Å². The minimum absolute atomic E-state index is 0.0569. The highest BCUT2D eigenvalue weighted by atomic mass is 32.1. The van der Waals surface area contributed by atoms with Gasteiger partial charge in [-0.2, -0.15) is 9.97 Å². The van der Waals surface area contributed by atoms with Gasteiger partial charge in [0, 0.05) is 44.7 Å². The molecule has 3 aliphatic heterocycles. The molecule has 11 heteroatoms. The van der Waals surface area contributed by atoms with Gasteiger partial charge in [0.15, 0.2) is 10.6 Å². The first-order valence-electron chi connectivity index (χ1n) is 14.0. The number of thiazole rings is 1. The Labute approximate surface area is 232 Å². The van der Waals surface area contributed by atoms with Crippen LogP contribution in [0.1, 0.15) is 31.6 Å². The van der Waals surface area contributed by atoms with Gasteiger partial charge in [-0.3, -0.25) is 14.4 Å². The van der Waals surface area contributed by atoms with Crippen LogP contribution in [0.25, 0.3) is 27.3 Å². The molecule has 3 aromatic heterocycles. The Morgan fingerprint density at radius 2 is 1.79 bits per heavy atom. The molecule has 7 rings (SSSR count). The van der Waals surface area contributed by atoms with Gasteiger partial charge in [0.1, 0.15) is 16.3 Å². The lowest BCUT2D eigenvalue weighted by Gasteiger charge is -2.50. The van der Waals surface area contributed by atoms with Gasteiger partial charge < -0.3 is 14.4 Å². The number of aromatic nitrogens is 5. The Morgan fingerprint density at radius 1 is 0.974 bits per heavy atom. The molecule has 0 amide bonds. The number of para-hydroxylation sites is 2. The molecule has 10 nitrogen and oxygen atoms in total. The lowest BCUT2D eigenvalue weighted by molar-refractivity contribution is -0.100. The van der Waals surface area contributed by atoms with Gasteiger partial charge in [-0.05, 0) is 26.0 Å². The third kappa shape index (κ3) is 4.59. The highest BCUT2D eigenvalue weighted by molar-refractivity contribution is 7.18. The van der Waals surface area contributed by atoms with Crippen molar-refractivity contribution in [2.24, 2.45) is 0 Å². The van der Waals surface area contributed by atoms with Crippen molar-refractivity contribution in [3.8, 4) is 5.95 Å². The number of aryl methyl sites for hydroxylation is 1. The number of nitrogens with zero attached hydrogens (tertiary/aromatic N) is 8. The number of hydrogen-bond acceptors (Lipinski definition) is 10. The Bertz CT molecular complexity index is 1490. The number of imidazole rings is 1. The zero-order valence-corrected chi connectivity index (χ0v) is 23.8. The van der Waals surface area contributed by atoms with E-state index in [1.165, 1.54) is 0 Å². The quantitative estimate of drug-likeness (QED) is 0.361. The summed E-state index contributed by atoms with van der Waals surface area (Å²) in [4.78, 5) is 28.7. The Hall–Kier alpha value is -2.70. The van der Waals surface area contributed by atoms with Crippen LogP contribution in [0, 0.1) is 0 Å². The largest absolute Gasteiger partial charge is 0.378 e. The summed E-state index contributed by atoms with van der Waals surface area (Å²) in [6.45, 7) is 15.5. The van der Waals surface area contributed by atoms with E-state index in [9.17, 15) is 0 Å². The maximum absolute atomic E-state index is 5.66. The topological polar surface area (TPSA) is 84.7 Å². The maximum atomic E-state index is 5.66. The van der Waals surface area contributed by atoms with Crippen LogP contribution < -0.4 is 4.90 Å². The van der Waals surface area contributed by atoms with Gasteiger partial charge >= 0.3 is 0 Å². The molecule has 0 unspecified atom stereocenters. The van der Waals surface area contributed by atoms with E-state index in [4.69, 9.17) is 29.4 Å². The van der Waals surface area contributed by atoms with Gasteiger partial charge in [0.05, 0.1) is 50.0 Å². The smallest absolute Gasteiger partial charge is 0.239 e. The number of anilines is 1. The van der Waals surface area contributed by atoms with Crippen LogP contribution in [0.15, 0.2) is 24.3 Å². The second kappa shape index (κ2) is 10.0. The zero-order valence-electron chi connectivity index (χ0n) is 23.0. The fraction of sp³-hybridized carbons (Fsp3) is 0.571. The van der Waals surface area contributed by atoms with Crippen LogP contribution in [0.5, 0.6) is 0 Å². The minimum Gasteiger partial charge on any atom is -0.378 e. The molecule has 39 heavy (non-hydrogen) atoms. The van der Waals surface area contributed by atoms with Crippen molar-refractivity contribution in [1.29, 1.82) is 0 Å². The molecular formula is C28H36N8O2S. The third-order valence-electron chi connectivity index (χ3n) is 8.30. The number of benzene rings is 1. The van der Waals surface area contributed by atoms with Crippen molar-refractivity contribution in [2.75, 3.05) is 64.1 Å². The molecule has 0 bridgehead atoms. The molecule has 206 valence electrons. The first kappa shape index (κ1) is 25.3. The van der Waals surface area contributed by atoms with Crippen LogP contribution in [-0.2, 0) is 22.4 Å². The van der Waals surface area contributed by atoms with E-state index >= 15 is 0 Å². The summed E-state index contributed by atoms with van der Waals surface area (Å²) in [7, 11) is 0. The van der Waals surface area contributed by atoms with Gasteiger partial charge in [-0.1, -0.05) is 30.4 Å². The Kier molecular flexibility index (Phi) is 6.51. The molecule has 3 saturated heterocycles. The van der Waals surface area contributed by atoms with E-state index in [1.807, 2.05) is 12.1 Å². The molecule has 4 aromatic rings. The fourth-order valence-corrected chi connectivity index (χ4v) is 6.91. The van der Waals surface area contributed by atoms with Crippen LogP contribution in [0.2, 0.25) is 0 Å². The highest BCUT2D eigenvalue weighted by Crippen LogP contribution is 2.33. The highest BCUT2D eigenvalue weighted by Gasteiger charge is 2.38. The van der Waals surface area contributed by atoms with E-state index in [2.05, 4.69) is 52.2 Å². The molecule has 0 aliphatic carbocycles. The third-order valence-corrected chi connectivity index (χ3v) is 9.23. The average Bonchev–Trinajstić information content (AvgIpc) is 3.49. The van der Waals surface area contributed by atoms with Crippen molar-refractivity contribution >= 4 is 38.5 Å². The number of morpholine rings is 1. The van der Waals surface area contributed by atoms with Crippen LogP contribution in [0.4, 0.5) is 5.82 Å². The van der Waals surface area contributed by atoms with Crippen molar-refractivity contribution in [3.63, 3.8) is 0 Å². The number of ether oxygens (including phenoxy) is 2. The van der Waals surface area contributed by atoms with E-state index in [0.717, 1.165) is 96.9 Å². The normalized spacial score (nSPS) is 21.2. The minimum atomic E-state index is 0.0569. The summed E-state index contributed by atoms with van der Waals surface area (Å²) in [5, 5.41) is 1.09. The van der Waals surface area contributed by atoms with Crippen molar-refractivity contribution in [1.82, 2.24) is 34.3 Å².